The van der Waals surface area contributed by atoms with E-state index in [0.29, 0.717) is 28.8 Å². The number of methoxy groups -OCH3 is 2. The Bertz CT molecular complexity index is 543. The Balaban J connectivity index is 0.00000264. The van der Waals surface area contributed by atoms with Crippen LogP contribution < -0.4 is 20.5 Å². The maximum absolute atomic E-state index is 6.00. The van der Waals surface area contributed by atoms with Crippen molar-refractivity contribution in [2.75, 3.05) is 26.1 Å². The zero-order valence-electron chi connectivity index (χ0n) is 14.4. The highest BCUT2D eigenvalue weighted by Crippen LogP contribution is 2.50. The molecule has 0 spiro atoms. The molecule has 0 atom stereocenters. The second kappa shape index (κ2) is 8.61. The second-order valence-corrected chi connectivity index (χ2v) is 6.49. The molecule has 23 heavy (non-hydrogen) atoms. The first-order chi connectivity index (χ1) is 10.5. The van der Waals surface area contributed by atoms with Crippen LogP contribution >= 0.6 is 24.0 Å². The molecule has 3 N–H and O–H groups in total. The number of hydrogen-bond donors (Lipinski definition) is 2. The Kier molecular flexibility index (Phi) is 7.44. The van der Waals surface area contributed by atoms with E-state index in [1.54, 1.807) is 14.2 Å². The maximum Gasteiger partial charge on any atom is 0.193 e. The molecule has 0 aromatic heterocycles. The fraction of sp³-hybridized carbons (Fsp3) is 0.588. The smallest absolute Gasteiger partial charge is 0.193 e. The number of anilines is 1. The standard InChI is InChI=1S/C17H27N3O2.HI/c1-12(2)10-17(7-8-17)11-19-16(18)20-13-5-6-14(21-3)15(9-13)22-4;/h5-6,9,12H,7-8,10-11H2,1-4H3,(H3,18,19,20);1H. The minimum absolute atomic E-state index is 0. The summed E-state index contributed by atoms with van der Waals surface area (Å²) in [6, 6.07) is 5.59. The zero-order chi connectivity index (χ0) is 16.2. The summed E-state index contributed by atoms with van der Waals surface area (Å²) in [6.45, 7) is 5.32. The number of nitrogens with one attached hydrogen (secondary N) is 1. The van der Waals surface area contributed by atoms with E-state index in [2.05, 4.69) is 24.2 Å². The molecule has 130 valence electrons. The van der Waals surface area contributed by atoms with Crippen molar-refractivity contribution in [1.82, 2.24) is 0 Å². The molecule has 0 radical (unpaired) electrons. The third kappa shape index (κ3) is 5.75. The molecular formula is C17H28IN3O2. The molecule has 0 heterocycles. The Labute approximate surface area is 156 Å². The number of benzene rings is 1. The number of nitrogens with zero attached hydrogens (tertiary/aromatic N) is 1. The van der Waals surface area contributed by atoms with Gasteiger partial charge in [0, 0.05) is 18.3 Å². The van der Waals surface area contributed by atoms with Crippen molar-refractivity contribution in [3.8, 4) is 11.5 Å². The van der Waals surface area contributed by atoms with E-state index in [-0.39, 0.29) is 24.0 Å². The number of ether oxygens (including phenoxy) is 2. The fourth-order valence-corrected chi connectivity index (χ4v) is 2.82. The van der Waals surface area contributed by atoms with Crippen LogP contribution in [0.1, 0.15) is 33.1 Å². The van der Waals surface area contributed by atoms with Gasteiger partial charge in [-0.2, -0.15) is 0 Å². The lowest BCUT2D eigenvalue weighted by Gasteiger charge is -2.16. The molecule has 0 bridgehead atoms. The molecule has 0 amide bonds. The van der Waals surface area contributed by atoms with Crippen molar-refractivity contribution in [3.63, 3.8) is 0 Å². The Morgan fingerprint density at radius 1 is 1.26 bits per heavy atom. The summed E-state index contributed by atoms with van der Waals surface area (Å²) in [5.41, 5.74) is 7.23. The summed E-state index contributed by atoms with van der Waals surface area (Å²) < 4.78 is 10.5. The van der Waals surface area contributed by atoms with Gasteiger partial charge in [0.25, 0.3) is 0 Å². The first kappa shape index (κ1) is 19.9. The quantitative estimate of drug-likeness (QED) is 0.389. The molecule has 6 heteroatoms. The highest BCUT2D eigenvalue weighted by atomic mass is 127. The molecule has 1 aliphatic carbocycles. The van der Waals surface area contributed by atoms with Crippen molar-refractivity contribution in [2.24, 2.45) is 22.1 Å². The van der Waals surface area contributed by atoms with Crippen molar-refractivity contribution < 1.29 is 9.47 Å². The molecular weight excluding hydrogens is 405 g/mol. The summed E-state index contributed by atoms with van der Waals surface area (Å²) >= 11 is 0. The molecule has 5 nitrogen and oxygen atoms in total. The molecule has 2 rings (SSSR count). The van der Waals surface area contributed by atoms with Crippen molar-refractivity contribution in [1.29, 1.82) is 0 Å². The van der Waals surface area contributed by atoms with Gasteiger partial charge in [-0.25, -0.2) is 0 Å². The summed E-state index contributed by atoms with van der Waals surface area (Å²) in [4.78, 5) is 4.52. The molecule has 1 aliphatic rings. The highest BCUT2D eigenvalue weighted by Gasteiger charge is 2.42. The van der Waals surface area contributed by atoms with Gasteiger partial charge in [-0.15, -0.1) is 24.0 Å². The minimum atomic E-state index is 0. The Hall–Kier alpha value is -1.18. The second-order valence-electron chi connectivity index (χ2n) is 6.49. The number of hydrogen-bond acceptors (Lipinski definition) is 3. The molecule has 0 aliphatic heterocycles. The number of nitrogens with two attached hydrogens (primary N) is 1. The minimum Gasteiger partial charge on any atom is -0.493 e. The number of guanidine groups is 1. The van der Waals surface area contributed by atoms with Crippen LogP contribution in [-0.2, 0) is 0 Å². The summed E-state index contributed by atoms with van der Waals surface area (Å²) in [7, 11) is 3.23. The average Bonchev–Trinajstić information content (AvgIpc) is 3.24. The predicted octanol–water partition coefficient (Wildman–Crippen LogP) is 3.87. The van der Waals surface area contributed by atoms with E-state index in [0.717, 1.165) is 12.2 Å². The molecule has 1 saturated carbocycles. The summed E-state index contributed by atoms with van der Waals surface area (Å²) in [5.74, 6) is 2.51. The number of rotatable bonds is 7. The van der Waals surface area contributed by atoms with Gasteiger partial charge in [-0.05, 0) is 42.7 Å². The Morgan fingerprint density at radius 3 is 2.43 bits per heavy atom. The SMILES string of the molecule is COc1ccc(NC(N)=NCC2(CC(C)C)CC2)cc1OC.I. The average molecular weight is 433 g/mol. The normalized spacial score (nSPS) is 15.8. The zero-order valence-corrected chi connectivity index (χ0v) is 16.7. The van der Waals surface area contributed by atoms with Crippen LogP contribution in [0.2, 0.25) is 0 Å². The van der Waals surface area contributed by atoms with Crippen LogP contribution in [-0.4, -0.2) is 26.7 Å². The van der Waals surface area contributed by atoms with Crippen molar-refractivity contribution in [2.45, 2.75) is 33.1 Å². The van der Waals surface area contributed by atoms with Gasteiger partial charge in [0.1, 0.15) is 0 Å². The van der Waals surface area contributed by atoms with E-state index in [9.17, 15) is 0 Å². The van der Waals surface area contributed by atoms with Gasteiger partial charge in [-0.1, -0.05) is 13.8 Å². The molecule has 1 aromatic carbocycles. The number of aliphatic imine (C=N–C) groups is 1. The van der Waals surface area contributed by atoms with Gasteiger partial charge in [0.15, 0.2) is 17.5 Å². The van der Waals surface area contributed by atoms with E-state index in [1.807, 2.05) is 18.2 Å². The molecule has 0 saturated heterocycles. The topological polar surface area (TPSA) is 68.9 Å². The number of halogens is 1. The predicted molar refractivity (Wildman–Crippen MR) is 106 cm³/mol. The van der Waals surface area contributed by atoms with Gasteiger partial charge < -0.3 is 20.5 Å². The largest absolute Gasteiger partial charge is 0.493 e. The van der Waals surface area contributed by atoms with Crippen molar-refractivity contribution in [3.05, 3.63) is 18.2 Å². The lowest BCUT2D eigenvalue weighted by Crippen LogP contribution is -2.24. The first-order valence-electron chi connectivity index (χ1n) is 7.77. The third-order valence-corrected chi connectivity index (χ3v) is 4.04. The van der Waals surface area contributed by atoms with E-state index in [1.165, 1.54) is 19.3 Å². The summed E-state index contributed by atoms with van der Waals surface area (Å²) in [6.07, 6.45) is 3.75. The maximum atomic E-state index is 6.00. The fourth-order valence-electron chi connectivity index (χ4n) is 2.82. The van der Waals surface area contributed by atoms with Crippen LogP contribution in [0.15, 0.2) is 23.2 Å². The van der Waals surface area contributed by atoms with Gasteiger partial charge >= 0.3 is 0 Å². The molecule has 1 aromatic rings. The van der Waals surface area contributed by atoms with Crippen LogP contribution in [0.4, 0.5) is 5.69 Å². The van der Waals surface area contributed by atoms with Crippen LogP contribution in [0.3, 0.4) is 0 Å². The van der Waals surface area contributed by atoms with Gasteiger partial charge in [0.05, 0.1) is 14.2 Å². The molecule has 0 unspecified atom stereocenters. The lowest BCUT2D eigenvalue weighted by molar-refractivity contribution is 0.355. The summed E-state index contributed by atoms with van der Waals surface area (Å²) in [5, 5.41) is 3.11. The van der Waals surface area contributed by atoms with Crippen molar-refractivity contribution >= 4 is 35.6 Å². The van der Waals surface area contributed by atoms with Gasteiger partial charge in [-0.3, -0.25) is 4.99 Å². The third-order valence-electron chi connectivity index (χ3n) is 4.04. The van der Waals surface area contributed by atoms with E-state index < -0.39 is 0 Å². The van der Waals surface area contributed by atoms with Gasteiger partial charge in [0.2, 0.25) is 0 Å². The molecule has 1 fully saturated rings. The monoisotopic (exact) mass is 433 g/mol. The highest BCUT2D eigenvalue weighted by molar-refractivity contribution is 14.0. The lowest BCUT2D eigenvalue weighted by atomic mass is 9.94. The van der Waals surface area contributed by atoms with E-state index in [4.69, 9.17) is 15.2 Å². The van der Waals surface area contributed by atoms with E-state index >= 15 is 0 Å². The first-order valence-corrected chi connectivity index (χ1v) is 7.77. The van der Waals surface area contributed by atoms with Crippen LogP contribution in [0.25, 0.3) is 0 Å². The Morgan fingerprint density at radius 2 is 1.91 bits per heavy atom. The van der Waals surface area contributed by atoms with Crippen LogP contribution in [0, 0.1) is 11.3 Å². The van der Waals surface area contributed by atoms with Crippen LogP contribution in [0.5, 0.6) is 11.5 Å².